The highest BCUT2D eigenvalue weighted by Crippen LogP contribution is 2.56. The lowest BCUT2D eigenvalue weighted by Crippen LogP contribution is -2.17. The van der Waals surface area contributed by atoms with E-state index in [4.69, 9.17) is 9.47 Å². The average Bonchev–Trinajstić information content (AvgIpc) is 2.93. The van der Waals surface area contributed by atoms with Gasteiger partial charge in [0.25, 0.3) is 0 Å². The lowest BCUT2D eigenvalue weighted by atomic mass is 9.94. The SMILES string of the molecule is CC(C)C(C)CC(=O)Oc1c(O)c(-c2ccc(O)cc2)c(OC(=O)Cc2ccccc2)c(O)c1-c1ccc(O)cc1. The van der Waals surface area contributed by atoms with Crippen molar-refractivity contribution >= 4 is 11.9 Å². The Balaban J connectivity index is 1.91. The van der Waals surface area contributed by atoms with E-state index in [1.165, 1.54) is 48.5 Å². The van der Waals surface area contributed by atoms with Crippen molar-refractivity contribution in [2.45, 2.75) is 33.6 Å². The van der Waals surface area contributed by atoms with Crippen molar-refractivity contribution in [3.8, 4) is 56.8 Å². The number of esters is 2. The molecule has 4 aromatic carbocycles. The van der Waals surface area contributed by atoms with Crippen molar-refractivity contribution < 1.29 is 39.5 Å². The smallest absolute Gasteiger partial charge is 0.315 e. The normalized spacial score (nSPS) is 11.7. The van der Waals surface area contributed by atoms with Crippen LogP contribution in [-0.2, 0) is 16.0 Å². The Morgan fingerprint density at radius 1 is 0.634 bits per heavy atom. The number of rotatable bonds is 9. The van der Waals surface area contributed by atoms with Crippen LogP contribution in [0.4, 0.5) is 0 Å². The minimum atomic E-state index is -0.710. The molecule has 41 heavy (non-hydrogen) atoms. The van der Waals surface area contributed by atoms with Gasteiger partial charge in [0.15, 0.2) is 23.0 Å². The number of carbonyl (C=O) groups is 2. The van der Waals surface area contributed by atoms with E-state index in [-0.39, 0.29) is 69.9 Å². The monoisotopic (exact) mass is 556 g/mol. The van der Waals surface area contributed by atoms with Crippen LogP contribution in [0.3, 0.4) is 0 Å². The molecule has 8 nitrogen and oxygen atoms in total. The zero-order chi connectivity index (χ0) is 29.7. The second kappa shape index (κ2) is 12.5. The molecule has 0 fully saturated rings. The summed E-state index contributed by atoms with van der Waals surface area (Å²) in [5.74, 6) is -3.06. The van der Waals surface area contributed by atoms with Crippen LogP contribution in [0.2, 0.25) is 0 Å². The number of aromatic hydroxyl groups is 4. The van der Waals surface area contributed by atoms with Gasteiger partial charge < -0.3 is 29.9 Å². The molecule has 0 aliphatic heterocycles. The molecule has 4 N–H and O–H groups in total. The van der Waals surface area contributed by atoms with E-state index in [1.807, 2.05) is 26.8 Å². The molecular formula is C33H32O8. The first-order valence-corrected chi connectivity index (χ1v) is 13.2. The average molecular weight is 557 g/mol. The van der Waals surface area contributed by atoms with Crippen molar-refractivity contribution in [3.05, 3.63) is 84.4 Å². The van der Waals surface area contributed by atoms with Gasteiger partial charge in [-0.05, 0) is 52.8 Å². The van der Waals surface area contributed by atoms with Gasteiger partial charge in [0, 0.05) is 6.42 Å². The van der Waals surface area contributed by atoms with Gasteiger partial charge in [-0.15, -0.1) is 0 Å². The van der Waals surface area contributed by atoms with Gasteiger partial charge in [-0.1, -0.05) is 75.4 Å². The zero-order valence-electron chi connectivity index (χ0n) is 23.0. The van der Waals surface area contributed by atoms with Crippen LogP contribution in [0.15, 0.2) is 78.9 Å². The molecule has 1 unspecified atom stereocenters. The summed E-state index contributed by atoms with van der Waals surface area (Å²) in [7, 11) is 0. The fourth-order valence-corrected chi connectivity index (χ4v) is 4.24. The summed E-state index contributed by atoms with van der Waals surface area (Å²) in [6, 6.07) is 20.2. The molecule has 0 aliphatic carbocycles. The third-order valence-corrected chi connectivity index (χ3v) is 6.92. The van der Waals surface area contributed by atoms with E-state index >= 15 is 0 Å². The number of phenols is 4. The second-order valence-electron chi connectivity index (χ2n) is 10.2. The van der Waals surface area contributed by atoms with Crippen LogP contribution >= 0.6 is 0 Å². The third-order valence-electron chi connectivity index (χ3n) is 6.92. The van der Waals surface area contributed by atoms with Crippen molar-refractivity contribution in [1.82, 2.24) is 0 Å². The molecule has 0 radical (unpaired) electrons. The van der Waals surface area contributed by atoms with E-state index < -0.39 is 23.4 Å². The van der Waals surface area contributed by atoms with Crippen molar-refractivity contribution in [3.63, 3.8) is 0 Å². The van der Waals surface area contributed by atoms with Crippen LogP contribution in [0.5, 0.6) is 34.5 Å². The van der Waals surface area contributed by atoms with Gasteiger partial charge in [0.1, 0.15) is 11.5 Å². The van der Waals surface area contributed by atoms with Crippen LogP contribution < -0.4 is 9.47 Å². The first kappa shape index (κ1) is 29.0. The maximum absolute atomic E-state index is 13.0. The van der Waals surface area contributed by atoms with Gasteiger partial charge in [0.05, 0.1) is 17.5 Å². The Bertz CT molecular complexity index is 1530. The predicted octanol–water partition coefficient (Wildman–Crippen LogP) is 6.58. The molecule has 212 valence electrons. The van der Waals surface area contributed by atoms with E-state index in [1.54, 1.807) is 24.3 Å². The van der Waals surface area contributed by atoms with Crippen molar-refractivity contribution in [2.75, 3.05) is 0 Å². The topological polar surface area (TPSA) is 134 Å². The van der Waals surface area contributed by atoms with Gasteiger partial charge in [-0.2, -0.15) is 0 Å². The Labute approximate surface area is 238 Å². The van der Waals surface area contributed by atoms with Crippen LogP contribution in [-0.4, -0.2) is 32.4 Å². The first-order chi connectivity index (χ1) is 19.5. The van der Waals surface area contributed by atoms with E-state index in [9.17, 15) is 30.0 Å². The molecule has 0 saturated carbocycles. The Morgan fingerprint density at radius 2 is 1.07 bits per heavy atom. The minimum Gasteiger partial charge on any atom is -0.508 e. The summed E-state index contributed by atoms with van der Waals surface area (Å²) in [6.07, 6.45) is -0.0658. The number of ether oxygens (including phenoxy) is 2. The number of carbonyl (C=O) groups excluding carboxylic acids is 2. The van der Waals surface area contributed by atoms with Crippen molar-refractivity contribution in [2.24, 2.45) is 11.8 Å². The number of benzene rings is 4. The van der Waals surface area contributed by atoms with Gasteiger partial charge >= 0.3 is 11.9 Å². The number of hydrogen-bond acceptors (Lipinski definition) is 8. The van der Waals surface area contributed by atoms with E-state index in [0.717, 1.165) is 0 Å². The molecule has 0 amide bonds. The van der Waals surface area contributed by atoms with Crippen LogP contribution in [0.25, 0.3) is 22.3 Å². The van der Waals surface area contributed by atoms with Crippen molar-refractivity contribution in [1.29, 1.82) is 0 Å². The molecule has 0 aliphatic rings. The standard InChI is InChI=1S/C33H32O8/c1-19(2)20(3)17-26(36)40-32-28(22-9-13-24(34)14-10-22)31(39)33(41-27(37)18-21-7-5-4-6-8-21)29(30(32)38)23-11-15-25(35)16-12-23/h4-16,19-20,34-35,38-39H,17-18H2,1-3H3. The lowest BCUT2D eigenvalue weighted by molar-refractivity contribution is -0.136. The maximum atomic E-state index is 13.0. The molecule has 0 saturated heterocycles. The molecule has 8 heteroatoms. The summed E-state index contributed by atoms with van der Waals surface area (Å²) < 4.78 is 11.4. The largest absolute Gasteiger partial charge is 0.508 e. The van der Waals surface area contributed by atoms with Crippen LogP contribution in [0.1, 0.15) is 32.8 Å². The maximum Gasteiger partial charge on any atom is 0.315 e. The van der Waals surface area contributed by atoms with Gasteiger partial charge in [-0.25, -0.2) is 0 Å². The van der Waals surface area contributed by atoms with E-state index in [0.29, 0.717) is 5.56 Å². The summed E-state index contributed by atoms with van der Waals surface area (Å²) in [6.45, 7) is 5.86. The molecule has 0 aromatic heterocycles. The molecule has 0 heterocycles. The molecule has 0 bridgehead atoms. The summed E-state index contributed by atoms with van der Waals surface area (Å²) in [4.78, 5) is 26.1. The Morgan fingerprint density at radius 3 is 1.51 bits per heavy atom. The zero-order valence-corrected chi connectivity index (χ0v) is 23.0. The highest BCUT2D eigenvalue weighted by Gasteiger charge is 2.31. The molecule has 4 aromatic rings. The molecule has 0 spiro atoms. The fourth-order valence-electron chi connectivity index (χ4n) is 4.24. The van der Waals surface area contributed by atoms with Gasteiger partial charge in [0.2, 0.25) is 0 Å². The van der Waals surface area contributed by atoms with E-state index in [2.05, 4.69) is 0 Å². The van der Waals surface area contributed by atoms with Gasteiger partial charge in [-0.3, -0.25) is 9.59 Å². The predicted molar refractivity (Wildman–Crippen MR) is 154 cm³/mol. The minimum absolute atomic E-state index is 0.0230. The molecule has 4 rings (SSSR count). The molecular weight excluding hydrogens is 524 g/mol. The third kappa shape index (κ3) is 6.78. The highest BCUT2D eigenvalue weighted by atomic mass is 16.6. The fraction of sp³-hybridized carbons (Fsp3) is 0.212. The quantitative estimate of drug-likeness (QED) is 0.103. The van der Waals surface area contributed by atoms with Crippen LogP contribution in [0, 0.1) is 11.8 Å². The first-order valence-electron chi connectivity index (χ1n) is 13.2. The second-order valence-corrected chi connectivity index (χ2v) is 10.2. The highest BCUT2D eigenvalue weighted by molar-refractivity contribution is 5.96. The number of hydrogen-bond donors (Lipinski definition) is 4. The Kier molecular flexibility index (Phi) is 8.82. The summed E-state index contributed by atoms with van der Waals surface area (Å²) in [5, 5.41) is 42.9. The number of phenolic OH excluding ortho intramolecular Hbond substituents is 4. The lowest BCUT2D eigenvalue weighted by Gasteiger charge is -2.22. The summed E-state index contributed by atoms with van der Waals surface area (Å²) in [5.41, 5.74) is 1.04. The Hall–Kier alpha value is -4.98. The summed E-state index contributed by atoms with van der Waals surface area (Å²) >= 11 is 0. The molecule has 1 atom stereocenters.